The van der Waals surface area contributed by atoms with Crippen LogP contribution in [0.4, 0.5) is 4.79 Å². The fraction of sp³-hybridized carbons (Fsp3) is 0.545. The van der Waals surface area contributed by atoms with E-state index in [9.17, 15) is 14.4 Å². The third-order valence-corrected chi connectivity index (χ3v) is 1.75. The quantitative estimate of drug-likeness (QED) is 0.515. The van der Waals surface area contributed by atoms with Crippen LogP contribution in [0.2, 0.25) is 0 Å². The van der Waals surface area contributed by atoms with E-state index in [1.54, 1.807) is 13.8 Å². The topological polar surface area (TPSA) is 93.7 Å². The first-order chi connectivity index (χ1) is 8.49. The van der Waals surface area contributed by atoms with Gasteiger partial charge in [0.05, 0.1) is 13.2 Å². The van der Waals surface area contributed by atoms with Crippen LogP contribution in [0.1, 0.15) is 13.8 Å². The van der Waals surface area contributed by atoms with E-state index in [-0.39, 0.29) is 18.7 Å². The molecule has 7 heteroatoms. The molecule has 0 aromatic carbocycles. The second-order valence-corrected chi connectivity index (χ2v) is 3.39. The molecule has 7 nitrogen and oxygen atoms in total. The highest BCUT2D eigenvalue weighted by Crippen LogP contribution is 1.88. The molecule has 0 saturated carbocycles. The minimum absolute atomic E-state index is 0.0154. The number of ether oxygens (including phenoxy) is 2. The Morgan fingerprint density at radius 2 is 1.83 bits per heavy atom. The summed E-state index contributed by atoms with van der Waals surface area (Å²) in [4.78, 5) is 32.9. The van der Waals surface area contributed by atoms with E-state index in [2.05, 4.69) is 15.4 Å². The van der Waals surface area contributed by atoms with Crippen LogP contribution >= 0.6 is 0 Å². The molecule has 0 aromatic rings. The molecular weight excluding hydrogens is 240 g/mol. The van der Waals surface area contributed by atoms with E-state index in [0.717, 1.165) is 12.2 Å². The van der Waals surface area contributed by atoms with Crippen molar-refractivity contribution in [3.8, 4) is 0 Å². The average molecular weight is 258 g/mol. The molecule has 1 atom stereocenters. The SMILES string of the molecule is CCNC(=O)NC(C)COC(=O)/C=C/C(=O)OC. The average Bonchev–Trinajstić information content (AvgIpc) is 2.33. The fourth-order valence-electron chi connectivity index (χ4n) is 0.936. The maximum Gasteiger partial charge on any atom is 0.331 e. The van der Waals surface area contributed by atoms with E-state index in [0.29, 0.717) is 6.54 Å². The Balaban J connectivity index is 3.88. The van der Waals surface area contributed by atoms with Gasteiger partial charge in [-0.3, -0.25) is 0 Å². The molecule has 0 saturated heterocycles. The lowest BCUT2D eigenvalue weighted by molar-refractivity contribution is -0.139. The number of hydrogen-bond donors (Lipinski definition) is 2. The Labute approximate surface area is 106 Å². The Bertz CT molecular complexity index is 327. The van der Waals surface area contributed by atoms with Crippen LogP contribution in [-0.4, -0.2) is 44.3 Å². The summed E-state index contributed by atoms with van der Waals surface area (Å²) >= 11 is 0. The molecule has 2 amide bonds. The van der Waals surface area contributed by atoms with Crippen molar-refractivity contribution in [2.24, 2.45) is 0 Å². The molecule has 2 N–H and O–H groups in total. The van der Waals surface area contributed by atoms with E-state index in [4.69, 9.17) is 4.74 Å². The fourth-order valence-corrected chi connectivity index (χ4v) is 0.936. The minimum Gasteiger partial charge on any atom is -0.466 e. The number of hydrogen-bond acceptors (Lipinski definition) is 5. The predicted molar refractivity (Wildman–Crippen MR) is 63.8 cm³/mol. The molecule has 0 spiro atoms. The molecule has 0 aliphatic rings. The van der Waals surface area contributed by atoms with Gasteiger partial charge in [0, 0.05) is 18.7 Å². The van der Waals surface area contributed by atoms with Gasteiger partial charge in [0.15, 0.2) is 0 Å². The third kappa shape index (κ3) is 8.14. The summed E-state index contributed by atoms with van der Waals surface area (Å²) < 4.78 is 9.11. The van der Waals surface area contributed by atoms with Gasteiger partial charge in [0.2, 0.25) is 0 Å². The van der Waals surface area contributed by atoms with Crippen LogP contribution in [0.25, 0.3) is 0 Å². The van der Waals surface area contributed by atoms with Crippen LogP contribution in [0.3, 0.4) is 0 Å². The lowest BCUT2D eigenvalue weighted by atomic mass is 10.4. The Hall–Kier alpha value is -2.05. The lowest BCUT2D eigenvalue weighted by Gasteiger charge is -2.13. The van der Waals surface area contributed by atoms with Crippen molar-refractivity contribution in [1.82, 2.24) is 10.6 Å². The summed E-state index contributed by atoms with van der Waals surface area (Å²) in [6.07, 6.45) is 1.93. The molecule has 0 heterocycles. The second-order valence-electron chi connectivity index (χ2n) is 3.39. The summed E-state index contributed by atoms with van der Waals surface area (Å²) in [5, 5.41) is 5.12. The first-order valence-electron chi connectivity index (χ1n) is 5.46. The summed E-state index contributed by atoms with van der Waals surface area (Å²) in [6, 6.07) is -0.654. The second kappa shape index (κ2) is 9.03. The first-order valence-corrected chi connectivity index (χ1v) is 5.46. The number of amides is 2. The molecule has 1 unspecified atom stereocenters. The van der Waals surface area contributed by atoms with E-state index >= 15 is 0 Å². The molecule has 0 aliphatic heterocycles. The monoisotopic (exact) mass is 258 g/mol. The van der Waals surface area contributed by atoms with E-state index in [1.165, 1.54) is 7.11 Å². The summed E-state index contributed by atoms with van der Waals surface area (Å²) in [5.41, 5.74) is 0. The van der Waals surface area contributed by atoms with Gasteiger partial charge in [-0.15, -0.1) is 0 Å². The van der Waals surface area contributed by atoms with E-state index < -0.39 is 11.9 Å². The zero-order chi connectivity index (χ0) is 14.0. The largest absolute Gasteiger partial charge is 0.466 e. The van der Waals surface area contributed by atoms with Gasteiger partial charge in [0.25, 0.3) is 0 Å². The Kier molecular flexibility index (Phi) is 8.00. The maximum absolute atomic E-state index is 11.1. The number of nitrogens with one attached hydrogen (secondary N) is 2. The van der Waals surface area contributed by atoms with Crippen LogP contribution < -0.4 is 10.6 Å². The molecule has 18 heavy (non-hydrogen) atoms. The van der Waals surface area contributed by atoms with Crippen LogP contribution in [-0.2, 0) is 19.1 Å². The number of esters is 2. The number of rotatable bonds is 6. The highest BCUT2D eigenvalue weighted by molar-refractivity contribution is 5.91. The Morgan fingerprint density at radius 3 is 2.39 bits per heavy atom. The summed E-state index contributed by atoms with van der Waals surface area (Å²) in [5.74, 6) is -1.31. The van der Waals surface area contributed by atoms with E-state index in [1.807, 2.05) is 0 Å². The van der Waals surface area contributed by atoms with Crippen molar-refractivity contribution in [1.29, 1.82) is 0 Å². The zero-order valence-electron chi connectivity index (χ0n) is 10.7. The van der Waals surface area contributed by atoms with Crippen molar-refractivity contribution < 1.29 is 23.9 Å². The number of methoxy groups -OCH3 is 1. The molecule has 0 bridgehead atoms. The molecular formula is C11H18N2O5. The van der Waals surface area contributed by atoms with Crippen molar-refractivity contribution >= 4 is 18.0 Å². The zero-order valence-corrected chi connectivity index (χ0v) is 10.7. The predicted octanol–water partition coefficient (Wildman–Crippen LogP) is -0.0336. The first kappa shape index (κ1) is 16.0. The van der Waals surface area contributed by atoms with Crippen molar-refractivity contribution in [2.45, 2.75) is 19.9 Å². The van der Waals surface area contributed by atoms with Gasteiger partial charge < -0.3 is 20.1 Å². The number of urea groups is 1. The molecule has 0 fully saturated rings. The number of carbonyl (C=O) groups excluding carboxylic acids is 3. The number of carbonyl (C=O) groups is 3. The van der Waals surface area contributed by atoms with Gasteiger partial charge in [-0.25, -0.2) is 14.4 Å². The smallest absolute Gasteiger partial charge is 0.331 e. The van der Waals surface area contributed by atoms with Crippen LogP contribution in [0.5, 0.6) is 0 Å². The van der Waals surface area contributed by atoms with Gasteiger partial charge in [-0.05, 0) is 13.8 Å². The molecule has 0 aromatic heterocycles. The normalized spacial score (nSPS) is 11.7. The molecule has 0 radical (unpaired) electrons. The standard InChI is InChI=1S/C11H18N2O5/c1-4-12-11(16)13-8(2)7-18-10(15)6-5-9(14)17-3/h5-6,8H,4,7H2,1-3H3,(H2,12,13,16)/b6-5+. The van der Waals surface area contributed by atoms with Crippen molar-refractivity contribution in [3.05, 3.63) is 12.2 Å². The molecule has 102 valence electrons. The van der Waals surface area contributed by atoms with Crippen molar-refractivity contribution in [3.63, 3.8) is 0 Å². The highest BCUT2D eigenvalue weighted by Gasteiger charge is 2.08. The minimum atomic E-state index is -0.676. The highest BCUT2D eigenvalue weighted by atomic mass is 16.5. The maximum atomic E-state index is 11.1. The van der Waals surface area contributed by atoms with Crippen LogP contribution in [0.15, 0.2) is 12.2 Å². The lowest BCUT2D eigenvalue weighted by Crippen LogP contribution is -2.42. The van der Waals surface area contributed by atoms with Crippen molar-refractivity contribution in [2.75, 3.05) is 20.3 Å². The van der Waals surface area contributed by atoms with Gasteiger partial charge in [-0.1, -0.05) is 0 Å². The molecule has 0 rings (SSSR count). The summed E-state index contributed by atoms with van der Waals surface area (Å²) in [7, 11) is 1.20. The Morgan fingerprint density at radius 1 is 1.22 bits per heavy atom. The van der Waals surface area contributed by atoms with Crippen LogP contribution in [0, 0.1) is 0 Å². The third-order valence-electron chi connectivity index (χ3n) is 1.75. The van der Waals surface area contributed by atoms with Gasteiger partial charge in [0.1, 0.15) is 6.61 Å². The molecule has 0 aliphatic carbocycles. The van der Waals surface area contributed by atoms with Gasteiger partial charge in [-0.2, -0.15) is 0 Å². The van der Waals surface area contributed by atoms with Gasteiger partial charge >= 0.3 is 18.0 Å². The summed E-state index contributed by atoms with van der Waals surface area (Å²) in [6.45, 7) is 4.01.